The Morgan fingerprint density at radius 2 is 1.59 bits per heavy atom. The topological polar surface area (TPSA) is 60.7 Å². The molecule has 0 heterocycles. The van der Waals surface area contributed by atoms with Gasteiger partial charge in [0.25, 0.3) is 0 Å². The van der Waals surface area contributed by atoms with Crippen molar-refractivity contribution in [3.63, 3.8) is 0 Å². The Morgan fingerprint density at radius 1 is 0.882 bits per heavy atom. The van der Waals surface area contributed by atoms with E-state index in [9.17, 15) is 19.0 Å². The standard InChI is InChI=1S/C12H8F2O3/c13-9-5-8(10(14)12(17)11(9)16)6-2-1-3-7(15)4-6/h1-5,15-17H. The molecule has 88 valence electrons. The van der Waals surface area contributed by atoms with Crippen LogP contribution in [0.4, 0.5) is 8.78 Å². The van der Waals surface area contributed by atoms with Crippen LogP contribution in [0.25, 0.3) is 11.1 Å². The van der Waals surface area contributed by atoms with Crippen LogP contribution < -0.4 is 0 Å². The number of aromatic hydroxyl groups is 3. The fraction of sp³-hybridized carbons (Fsp3) is 0. The van der Waals surface area contributed by atoms with Crippen molar-refractivity contribution in [1.82, 2.24) is 0 Å². The van der Waals surface area contributed by atoms with Gasteiger partial charge in [0.05, 0.1) is 0 Å². The third-order valence-electron chi connectivity index (χ3n) is 2.32. The van der Waals surface area contributed by atoms with Gasteiger partial charge in [-0.3, -0.25) is 0 Å². The van der Waals surface area contributed by atoms with E-state index in [0.717, 1.165) is 6.07 Å². The molecule has 0 unspecified atom stereocenters. The first-order valence-electron chi connectivity index (χ1n) is 4.70. The highest BCUT2D eigenvalue weighted by molar-refractivity contribution is 5.69. The molecule has 0 aliphatic heterocycles. The first-order valence-corrected chi connectivity index (χ1v) is 4.70. The molecule has 0 aliphatic rings. The average Bonchev–Trinajstić information content (AvgIpc) is 2.31. The number of halogens is 2. The molecule has 0 amide bonds. The van der Waals surface area contributed by atoms with Gasteiger partial charge in [0, 0.05) is 5.56 Å². The predicted molar refractivity (Wildman–Crippen MR) is 56.8 cm³/mol. The Kier molecular flexibility index (Phi) is 2.59. The Balaban J connectivity index is 2.68. The maximum atomic E-state index is 13.6. The minimum atomic E-state index is -1.15. The number of phenolic OH excluding ortho intramolecular Hbond substituents is 3. The molecule has 0 bridgehead atoms. The highest BCUT2D eigenvalue weighted by Gasteiger charge is 2.18. The Labute approximate surface area is 95.2 Å². The lowest BCUT2D eigenvalue weighted by atomic mass is 10.0. The summed E-state index contributed by atoms with van der Waals surface area (Å²) in [5.74, 6) is -4.68. The summed E-state index contributed by atoms with van der Waals surface area (Å²) in [4.78, 5) is 0. The molecule has 3 N–H and O–H groups in total. The van der Waals surface area contributed by atoms with E-state index in [1.54, 1.807) is 0 Å². The average molecular weight is 238 g/mol. The van der Waals surface area contributed by atoms with Crippen LogP contribution in [0.1, 0.15) is 0 Å². The lowest BCUT2D eigenvalue weighted by Gasteiger charge is -2.07. The lowest BCUT2D eigenvalue weighted by molar-refractivity contribution is 0.359. The van der Waals surface area contributed by atoms with E-state index in [4.69, 9.17) is 5.11 Å². The van der Waals surface area contributed by atoms with Crippen LogP contribution >= 0.6 is 0 Å². The van der Waals surface area contributed by atoms with Crippen molar-refractivity contribution >= 4 is 0 Å². The van der Waals surface area contributed by atoms with Gasteiger partial charge in [-0.15, -0.1) is 0 Å². The first-order chi connectivity index (χ1) is 8.00. The normalized spacial score (nSPS) is 10.5. The second-order valence-corrected chi connectivity index (χ2v) is 3.47. The van der Waals surface area contributed by atoms with E-state index in [1.165, 1.54) is 24.3 Å². The van der Waals surface area contributed by atoms with Crippen LogP contribution in [0, 0.1) is 11.6 Å². The van der Waals surface area contributed by atoms with Gasteiger partial charge < -0.3 is 15.3 Å². The van der Waals surface area contributed by atoms with Crippen molar-refractivity contribution in [2.75, 3.05) is 0 Å². The van der Waals surface area contributed by atoms with Gasteiger partial charge in [-0.05, 0) is 23.8 Å². The molecule has 0 atom stereocenters. The zero-order valence-electron chi connectivity index (χ0n) is 8.48. The largest absolute Gasteiger partial charge is 0.508 e. The van der Waals surface area contributed by atoms with E-state index in [0.29, 0.717) is 0 Å². The number of hydrogen-bond donors (Lipinski definition) is 3. The second kappa shape index (κ2) is 3.93. The molecule has 0 saturated heterocycles. The zero-order chi connectivity index (χ0) is 12.6. The molecule has 5 heteroatoms. The Hall–Kier alpha value is -2.30. The van der Waals surface area contributed by atoms with Crippen molar-refractivity contribution in [1.29, 1.82) is 0 Å². The molecule has 2 rings (SSSR count). The second-order valence-electron chi connectivity index (χ2n) is 3.47. The van der Waals surface area contributed by atoms with E-state index in [-0.39, 0.29) is 16.9 Å². The van der Waals surface area contributed by atoms with Crippen LogP contribution in [0.2, 0.25) is 0 Å². The minimum Gasteiger partial charge on any atom is -0.508 e. The van der Waals surface area contributed by atoms with Crippen LogP contribution in [0.5, 0.6) is 17.2 Å². The van der Waals surface area contributed by atoms with E-state index >= 15 is 0 Å². The lowest BCUT2D eigenvalue weighted by Crippen LogP contribution is -1.89. The summed E-state index contributed by atoms with van der Waals surface area (Å²) >= 11 is 0. The van der Waals surface area contributed by atoms with Gasteiger partial charge in [-0.2, -0.15) is 0 Å². The molecule has 0 radical (unpaired) electrons. The van der Waals surface area contributed by atoms with Crippen molar-refractivity contribution < 1.29 is 24.1 Å². The summed E-state index contributed by atoms with van der Waals surface area (Å²) in [6, 6.07) is 6.23. The van der Waals surface area contributed by atoms with Gasteiger partial charge in [0.2, 0.25) is 0 Å². The fourth-order valence-electron chi connectivity index (χ4n) is 1.49. The Morgan fingerprint density at radius 3 is 2.24 bits per heavy atom. The van der Waals surface area contributed by atoms with Gasteiger partial charge in [-0.25, -0.2) is 8.78 Å². The molecule has 17 heavy (non-hydrogen) atoms. The maximum Gasteiger partial charge on any atom is 0.197 e. The van der Waals surface area contributed by atoms with Crippen LogP contribution in [-0.2, 0) is 0 Å². The molecule has 2 aromatic rings. The maximum absolute atomic E-state index is 13.6. The van der Waals surface area contributed by atoms with Crippen molar-refractivity contribution in [2.24, 2.45) is 0 Å². The molecule has 0 fully saturated rings. The first kappa shape index (κ1) is 11.2. The summed E-state index contributed by atoms with van der Waals surface area (Å²) < 4.78 is 26.8. The van der Waals surface area contributed by atoms with Crippen molar-refractivity contribution in [2.45, 2.75) is 0 Å². The summed E-state index contributed by atoms with van der Waals surface area (Å²) in [5.41, 5.74) is -0.0506. The quantitative estimate of drug-likeness (QED) is 0.669. The Bertz CT molecular complexity index is 582. The molecule has 0 spiro atoms. The summed E-state index contributed by atoms with van der Waals surface area (Å²) in [6.07, 6.45) is 0. The van der Waals surface area contributed by atoms with E-state index in [1.807, 2.05) is 0 Å². The highest BCUT2D eigenvalue weighted by Crippen LogP contribution is 2.37. The summed E-state index contributed by atoms with van der Waals surface area (Å²) in [6.45, 7) is 0. The highest BCUT2D eigenvalue weighted by atomic mass is 19.1. The molecule has 0 saturated carbocycles. The number of hydrogen-bond acceptors (Lipinski definition) is 3. The molecular weight excluding hydrogens is 230 g/mol. The van der Waals surface area contributed by atoms with Gasteiger partial charge in [0.15, 0.2) is 23.1 Å². The van der Waals surface area contributed by atoms with Crippen LogP contribution in [-0.4, -0.2) is 15.3 Å². The molecule has 0 aromatic heterocycles. The smallest absolute Gasteiger partial charge is 0.197 e. The number of rotatable bonds is 1. The van der Waals surface area contributed by atoms with Crippen LogP contribution in [0.3, 0.4) is 0 Å². The van der Waals surface area contributed by atoms with E-state index < -0.39 is 23.1 Å². The van der Waals surface area contributed by atoms with Crippen molar-refractivity contribution in [3.8, 4) is 28.4 Å². The third kappa shape index (κ3) is 1.87. The molecule has 2 aromatic carbocycles. The predicted octanol–water partition coefficient (Wildman–Crippen LogP) is 2.75. The van der Waals surface area contributed by atoms with Gasteiger partial charge in [0.1, 0.15) is 5.75 Å². The third-order valence-corrected chi connectivity index (χ3v) is 2.32. The van der Waals surface area contributed by atoms with Gasteiger partial charge >= 0.3 is 0 Å². The molecule has 0 aliphatic carbocycles. The molecule has 3 nitrogen and oxygen atoms in total. The summed E-state index contributed by atoms with van der Waals surface area (Å²) in [5, 5.41) is 27.4. The van der Waals surface area contributed by atoms with Crippen molar-refractivity contribution in [3.05, 3.63) is 42.0 Å². The minimum absolute atomic E-state index is 0.116. The number of benzene rings is 2. The summed E-state index contributed by atoms with van der Waals surface area (Å²) in [7, 11) is 0. The fourth-order valence-corrected chi connectivity index (χ4v) is 1.49. The molecular formula is C12H8F2O3. The monoisotopic (exact) mass is 238 g/mol. The zero-order valence-corrected chi connectivity index (χ0v) is 8.48. The van der Waals surface area contributed by atoms with Gasteiger partial charge in [-0.1, -0.05) is 12.1 Å². The van der Waals surface area contributed by atoms with Crippen LogP contribution in [0.15, 0.2) is 30.3 Å². The number of phenols is 3. The van der Waals surface area contributed by atoms with E-state index in [2.05, 4.69) is 0 Å². The SMILES string of the molecule is Oc1cccc(-c2cc(F)c(O)c(O)c2F)c1.